The van der Waals surface area contributed by atoms with Gasteiger partial charge in [0.15, 0.2) is 0 Å². The molecule has 0 spiro atoms. The Morgan fingerprint density at radius 1 is 0.955 bits per heavy atom. The Morgan fingerprint density at radius 2 is 1.68 bits per heavy atom. The highest BCUT2D eigenvalue weighted by Crippen LogP contribution is 2.15. The number of rotatable bonds is 3. The first-order valence-electron chi connectivity index (χ1n) is 6.83. The highest BCUT2D eigenvalue weighted by Gasteiger charge is 2.04. The van der Waals surface area contributed by atoms with Crippen LogP contribution in [0.5, 0.6) is 5.75 Å². The smallest absolute Gasteiger partial charge is 0.271 e. The molecular weight excluding hydrogens is 276 g/mol. The van der Waals surface area contributed by atoms with Crippen molar-refractivity contribution in [2.75, 3.05) is 0 Å². The Labute approximate surface area is 127 Å². The number of carbonyl (C=O) groups is 1. The van der Waals surface area contributed by atoms with Crippen LogP contribution in [0.1, 0.15) is 15.9 Å². The maximum absolute atomic E-state index is 12.1. The lowest BCUT2D eigenvalue weighted by Gasteiger charge is -2.02. The van der Waals surface area contributed by atoms with Gasteiger partial charge in [-0.15, -0.1) is 0 Å². The molecule has 2 N–H and O–H groups in total. The SMILES string of the molecule is O=C(N/N=C/c1ccc(O)cc1)c1ccc2ccccc2c1. The van der Waals surface area contributed by atoms with Crippen LogP contribution in [0.2, 0.25) is 0 Å². The number of nitrogens with one attached hydrogen (secondary N) is 1. The second-order valence-corrected chi connectivity index (χ2v) is 4.85. The summed E-state index contributed by atoms with van der Waals surface area (Å²) in [7, 11) is 0. The van der Waals surface area contributed by atoms with E-state index in [4.69, 9.17) is 0 Å². The van der Waals surface area contributed by atoms with Crippen LogP contribution in [0.3, 0.4) is 0 Å². The summed E-state index contributed by atoms with van der Waals surface area (Å²) in [5.41, 5.74) is 3.84. The molecule has 0 heterocycles. The molecule has 0 aliphatic rings. The van der Waals surface area contributed by atoms with Gasteiger partial charge in [-0.25, -0.2) is 5.43 Å². The van der Waals surface area contributed by atoms with E-state index in [-0.39, 0.29) is 11.7 Å². The summed E-state index contributed by atoms with van der Waals surface area (Å²) in [4.78, 5) is 12.1. The van der Waals surface area contributed by atoms with Crippen LogP contribution in [-0.4, -0.2) is 17.2 Å². The Hall–Kier alpha value is -3.14. The van der Waals surface area contributed by atoms with Gasteiger partial charge in [0.25, 0.3) is 5.91 Å². The first kappa shape index (κ1) is 13.8. The fourth-order valence-electron chi connectivity index (χ4n) is 2.12. The summed E-state index contributed by atoms with van der Waals surface area (Å²) in [5, 5.41) is 15.2. The first-order valence-corrected chi connectivity index (χ1v) is 6.83. The normalized spacial score (nSPS) is 10.9. The van der Waals surface area contributed by atoms with Gasteiger partial charge in [0.2, 0.25) is 0 Å². The van der Waals surface area contributed by atoms with E-state index in [2.05, 4.69) is 10.5 Å². The van der Waals surface area contributed by atoms with Crippen molar-refractivity contribution in [2.24, 2.45) is 5.10 Å². The number of phenols is 1. The number of hydrogen-bond acceptors (Lipinski definition) is 3. The molecule has 0 bridgehead atoms. The minimum Gasteiger partial charge on any atom is -0.508 e. The van der Waals surface area contributed by atoms with Gasteiger partial charge in [-0.3, -0.25) is 4.79 Å². The van der Waals surface area contributed by atoms with Gasteiger partial charge < -0.3 is 5.11 Å². The number of aromatic hydroxyl groups is 1. The zero-order valence-corrected chi connectivity index (χ0v) is 11.7. The molecule has 0 aromatic heterocycles. The van der Waals surface area contributed by atoms with Crippen molar-refractivity contribution in [3.63, 3.8) is 0 Å². The second kappa shape index (κ2) is 6.10. The summed E-state index contributed by atoms with van der Waals surface area (Å²) in [5.74, 6) is -0.0712. The van der Waals surface area contributed by atoms with Crippen molar-refractivity contribution in [1.29, 1.82) is 0 Å². The van der Waals surface area contributed by atoms with Crippen molar-refractivity contribution >= 4 is 22.9 Å². The van der Waals surface area contributed by atoms with Gasteiger partial charge in [0.05, 0.1) is 6.21 Å². The van der Waals surface area contributed by atoms with E-state index < -0.39 is 0 Å². The van der Waals surface area contributed by atoms with Crippen molar-refractivity contribution in [3.8, 4) is 5.75 Å². The lowest BCUT2D eigenvalue weighted by atomic mass is 10.1. The third-order valence-corrected chi connectivity index (χ3v) is 3.28. The number of hydrogen-bond donors (Lipinski definition) is 2. The van der Waals surface area contributed by atoms with Crippen molar-refractivity contribution in [3.05, 3.63) is 77.9 Å². The fourth-order valence-corrected chi connectivity index (χ4v) is 2.12. The van der Waals surface area contributed by atoms with E-state index in [0.717, 1.165) is 16.3 Å². The van der Waals surface area contributed by atoms with E-state index in [0.29, 0.717) is 5.56 Å². The summed E-state index contributed by atoms with van der Waals surface area (Å²) in [6.07, 6.45) is 1.53. The molecule has 0 radical (unpaired) electrons. The van der Waals surface area contributed by atoms with E-state index in [1.54, 1.807) is 30.3 Å². The monoisotopic (exact) mass is 290 g/mol. The summed E-state index contributed by atoms with van der Waals surface area (Å²) >= 11 is 0. The lowest BCUT2D eigenvalue weighted by Crippen LogP contribution is -2.17. The van der Waals surface area contributed by atoms with Gasteiger partial charge in [0.1, 0.15) is 5.75 Å². The second-order valence-electron chi connectivity index (χ2n) is 4.85. The van der Waals surface area contributed by atoms with Gasteiger partial charge >= 0.3 is 0 Å². The zero-order chi connectivity index (χ0) is 15.4. The molecule has 3 aromatic carbocycles. The molecule has 4 nitrogen and oxygen atoms in total. The molecule has 1 amide bonds. The number of amides is 1. The number of phenolic OH excluding ortho intramolecular Hbond substituents is 1. The summed E-state index contributed by atoms with van der Waals surface area (Å²) in [6, 6.07) is 19.9. The maximum atomic E-state index is 12.1. The highest BCUT2D eigenvalue weighted by atomic mass is 16.3. The predicted octanol–water partition coefficient (Wildman–Crippen LogP) is 3.31. The van der Waals surface area contributed by atoms with Gasteiger partial charge in [-0.2, -0.15) is 5.10 Å². The van der Waals surface area contributed by atoms with Gasteiger partial charge in [-0.05, 0) is 52.7 Å². The van der Waals surface area contributed by atoms with Crippen LogP contribution < -0.4 is 5.43 Å². The third-order valence-electron chi connectivity index (χ3n) is 3.28. The minimum absolute atomic E-state index is 0.192. The molecule has 0 unspecified atom stereocenters. The Balaban J connectivity index is 1.71. The average Bonchev–Trinajstić information content (AvgIpc) is 2.56. The van der Waals surface area contributed by atoms with Crippen LogP contribution >= 0.6 is 0 Å². The largest absolute Gasteiger partial charge is 0.508 e. The van der Waals surface area contributed by atoms with E-state index in [1.807, 2.05) is 36.4 Å². The first-order chi connectivity index (χ1) is 10.7. The molecule has 0 aliphatic carbocycles. The van der Waals surface area contributed by atoms with Crippen LogP contribution in [0.15, 0.2) is 71.8 Å². The molecule has 0 atom stereocenters. The lowest BCUT2D eigenvalue weighted by molar-refractivity contribution is 0.0955. The minimum atomic E-state index is -0.263. The van der Waals surface area contributed by atoms with E-state index >= 15 is 0 Å². The number of fused-ring (bicyclic) bond motifs is 1. The molecule has 4 heteroatoms. The Bertz CT molecular complexity index is 839. The van der Waals surface area contributed by atoms with Gasteiger partial charge in [0, 0.05) is 5.56 Å². The zero-order valence-electron chi connectivity index (χ0n) is 11.7. The maximum Gasteiger partial charge on any atom is 0.271 e. The van der Waals surface area contributed by atoms with Crippen LogP contribution in [-0.2, 0) is 0 Å². The molecule has 0 saturated heterocycles. The van der Waals surface area contributed by atoms with Crippen molar-refractivity contribution in [2.45, 2.75) is 0 Å². The highest BCUT2D eigenvalue weighted by molar-refractivity contribution is 5.98. The molecule has 108 valence electrons. The van der Waals surface area contributed by atoms with E-state index in [9.17, 15) is 9.90 Å². The number of hydrazone groups is 1. The van der Waals surface area contributed by atoms with Crippen LogP contribution in [0.25, 0.3) is 10.8 Å². The van der Waals surface area contributed by atoms with Crippen molar-refractivity contribution < 1.29 is 9.90 Å². The predicted molar refractivity (Wildman–Crippen MR) is 87.1 cm³/mol. The molecule has 22 heavy (non-hydrogen) atoms. The van der Waals surface area contributed by atoms with Gasteiger partial charge in [-0.1, -0.05) is 30.3 Å². The van der Waals surface area contributed by atoms with Crippen LogP contribution in [0, 0.1) is 0 Å². The average molecular weight is 290 g/mol. The quantitative estimate of drug-likeness (QED) is 0.574. The van der Waals surface area contributed by atoms with Crippen LogP contribution in [0.4, 0.5) is 0 Å². The molecule has 0 saturated carbocycles. The number of nitrogens with zero attached hydrogens (tertiary/aromatic N) is 1. The topological polar surface area (TPSA) is 61.7 Å². The number of benzene rings is 3. The molecule has 0 aliphatic heterocycles. The standard InChI is InChI=1S/C18H14N2O2/c21-17-9-5-13(6-10-17)12-19-20-18(22)16-8-7-14-3-1-2-4-15(14)11-16/h1-12,21H,(H,20,22)/b19-12+. The molecule has 0 fully saturated rings. The van der Waals surface area contributed by atoms with E-state index in [1.165, 1.54) is 6.21 Å². The molecule has 3 aromatic rings. The molecule has 3 rings (SSSR count). The van der Waals surface area contributed by atoms with Crippen molar-refractivity contribution in [1.82, 2.24) is 5.43 Å². The summed E-state index contributed by atoms with van der Waals surface area (Å²) < 4.78 is 0. The fraction of sp³-hybridized carbons (Fsp3) is 0. The Morgan fingerprint density at radius 3 is 2.45 bits per heavy atom. The number of carbonyl (C=O) groups excluding carboxylic acids is 1. The molecular formula is C18H14N2O2. The summed E-state index contributed by atoms with van der Waals surface area (Å²) in [6.45, 7) is 0. The Kier molecular flexibility index (Phi) is 3.83. The third kappa shape index (κ3) is 3.12.